The molecule has 1 atom stereocenters. The van der Waals surface area contributed by atoms with E-state index in [9.17, 15) is 8.42 Å². The minimum atomic E-state index is -3.24. The van der Waals surface area contributed by atoms with E-state index in [2.05, 4.69) is 20.4 Å². The van der Waals surface area contributed by atoms with Crippen LogP contribution in [0.15, 0.2) is 0 Å². The topological polar surface area (TPSA) is 84.2 Å². The third-order valence-corrected chi connectivity index (χ3v) is 7.92. The molecule has 0 spiro atoms. The van der Waals surface area contributed by atoms with Crippen LogP contribution in [0.25, 0.3) is 0 Å². The predicted molar refractivity (Wildman–Crippen MR) is 100 cm³/mol. The zero-order chi connectivity index (χ0) is 18.8. The number of hydrogen-bond donors (Lipinski definition) is 0. The van der Waals surface area contributed by atoms with E-state index in [0.29, 0.717) is 25.6 Å². The maximum atomic E-state index is 12.8. The Balaban J connectivity index is 1.92. The van der Waals surface area contributed by atoms with Gasteiger partial charge in [0.15, 0.2) is 5.82 Å². The monoisotopic (exact) mass is 384 g/mol. The van der Waals surface area contributed by atoms with Crippen LogP contribution in [-0.2, 0) is 15.6 Å². The van der Waals surface area contributed by atoms with Gasteiger partial charge >= 0.3 is 0 Å². The standard InChI is InChI=1S/C17H32N6O2S/c1-4-5-13-26(24,25)22-12-8-11-17(14-22,21(2)3)16-18-19-20-23(16)15-9-6-7-10-15/h15H,4-14H2,1-3H3. The molecule has 1 saturated heterocycles. The van der Waals surface area contributed by atoms with Crippen molar-refractivity contribution in [3.63, 3.8) is 0 Å². The molecule has 0 aromatic carbocycles. The van der Waals surface area contributed by atoms with E-state index in [0.717, 1.165) is 37.9 Å². The van der Waals surface area contributed by atoms with Gasteiger partial charge in [-0.2, -0.15) is 4.31 Å². The molecule has 1 aromatic rings. The number of aromatic nitrogens is 4. The first-order valence-electron chi connectivity index (χ1n) is 9.84. The maximum absolute atomic E-state index is 12.8. The molecule has 2 aliphatic rings. The Morgan fingerprint density at radius 2 is 1.96 bits per heavy atom. The number of rotatable bonds is 7. The molecule has 26 heavy (non-hydrogen) atoms. The van der Waals surface area contributed by atoms with Crippen molar-refractivity contribution in [3.05, 3.63) is 5.82 Å². The van der Waals surface area contributed by atoms with Gasteiger partial charge in [-0.25, -0.2) is 13.1 Å². The minimum Gasteiger partial charge on any atom is -0.296 e. The Morgan fingerprint density at radius 3 is 2.62 bits per heavy atom. The molecule has 2 heterocycles. The SMILES string of the molecule is CCCCS(=O)(=O)N1CCCC(c2nnnn2C2CCCC2)(N(C)C)C1. The van der Waals surface area contributed by atoms with Gasteiger partial charge in [0.1, 0.15) is 0 Å². The Hall–Kier alpha value is -1.06. The predicted octanol–water partition coefficient (Wildman–Crippen LogP) is 1.77. The third kappa shape index (κ3) is 3.66. The van der Waals surface area contributed by atoms with Gasteiger partial charge in [-0.3, -0.25) is 4.90 Å². The second kappa shape index (κ2) is 7.90. The summed E-state index contributed by atoms with van der Waals surface area (Å²) in [6.07, 6.45) is 7.88. The van der Waals surface area contributed by atoms with Crippen LogP contribution >= 0.6 is 0 Å². The second-order valence-electron chi connectivity index (χ2n) is 7.92. The molecule has 0 radical (unpaired) electrons. The van der Waals surface area contributed by atoms with E-state index >= 15 is 0 Å². The molecule has 1 aliphatic heterocycles. The summed E-state index contributed by atoms with van der Waals surface area (Å²) in [4.78, 5) is 2.12. The van der Waals surface area contributed by atoms with Gasteiger partial charge in [-0.1, -0.05) is 26.2 Å². The Morgan fingerprint density at radius 1 is 1.23 bits per heavy atom. The van der Waals surface area contributed by atoms with Crippen molar-refractivity contribution in [2.75, 3.05) is 32.9 Å². The molecular formula is C17H32N6O2S. The number of sulfonamides is 1. The molecular weight excluding hydrogens is 352 g/mol. The lowest BCUT2D eigenvalue weighted by molar-refractivity contribution is 0.0622. The van der Waals surface area contributed by atoms with E-state index in [4.69, 9.17) is 0 Å². The summed E-state index contributed by atoms with van der Waals surface area (Å²) in [5, 5.41) is 12.7. The molecule has 2 fully saturated rings. The smallest absolute Gasteiger partial charge is 0.214 e. The molecule has 1 aliphatic carbocycles. The number of tetrazole rings is 1. The lowest BCUT2D eigenvalue weighted by Gasteiger charge is -2.45. The van der Waals surface area contributed by atoms with E-state index in [1.165, 1.54) is 12.8 Å². The molecule has 0 amide bonds. The highest BCUT2D eigenvalue weighted by molar-refractivity contribution is 7.89. The fourth-order valence-corrected chi connectivity index (χ4v) is 6.06. The third-order valence-electron chi connectivity index (χ3n) is 6.02. The zero-order valence-corrected chi connectivity index (χ0v) is 17.1. The first-order valence-corrected chi connectivity index (χ1v) is 11.5. The first-order chi connectivity index (χ1) is 12.4. The van der Waals surface area contributed by atoms with Crippen LogP contribution in [0.2, 0.25) is 0 Å². The van der Waals surface area contributed by atoms with E-state index in [-0.39, 0.29) is 5.75 Å². The van der Waals surface area contributed by atoms with E-state index in [1.54, 1.807) is 4.31 Å². The Kier molecular flexibility index (Phi) is 5.98. The van der Waals surface area contributed by atoms with Crippen LogP contribution in [0.4, 0.5) is 0 Å². The molecule has 8 nitrogen and oxygen atoms in total. The van der Waals surface area contributed by atoms with E-state index in [1.807, 2.05) is 25.7 Å². The van der Waals surface area contributed by atoms with Crippen LogP contribution < -0.4 is 0 Å². The van der Waals surface area contributed by atoms with Crippen molar-refractivity contribution in [2.45, 2.75) is 69.9 Å². The summed E-state index contributed by atoms with van der Waals surface area (Å²) < 4.78 is 29.3. The molecule has 0 N–H and O–H groups in total. The summed E-state index contributed by atoms with van der Waals surface area (Å²) in [5.74, 6) is 1.05. The van der Waals surface area contributed by atoms with Gasteiger partial charge in [0.05, 0.1) is 17.3 Å². The summed E-state index contributed by atoms with van der Waals surface area (Å²) in [5.41, 5.74) is -0.469. The van der Waals surface area contributed by atoms with Gasteiger partial charge in [0, 0.05) is 13.1 Å². The number of likely N-dealkylation sites (N-methyl/N-ethyl adjacent to an activating group) is 1. The molecule has 3 rings (SSSR count). The first kappa shape index (κ1) is 19.7. The number of hydrogen-bond acceptors (Lipinski definition) is 6. The quantitative estimate of drug-likeness (QED) is 0.712. The van der Waals surface area contributed by atoms with Gasteiger partial charge < -0.3 is 0 Å². The summed E-state index contributed by atoms with van der Waals surface area (Å²) in [7, 11) is 0.775. The van der Waals surface area contributed by atoms with Gasteiger partial charge in [-0.15, -0.1) is 5.10 Å². The highest BCUT2D eigenvalue weighted by atomic mass is 32.2. The van der Waals surface area contributed by atoms with Gasteiger partial charge in [-0.05, 0) is 56.6 Å². The Labute approximate surface area is 157 Å². The largest absolute Gasteiger partial charge is 0.296 e. The average Bonchev–Trinajstić information content (AvgIpc) is 3.30. The molecule has 9 heteroatoms. The maximum Gasteiger partial charge on any atom is 0.214 e. The highest BCUT2D eigenvalue weighted by Crippen LogP contribution is 2.39. The number of piperidine rings is 1. The number of nitrogens with zero attached hydrogens (tertiary/aromatic N) is 6. The lowest BCUT2D eigenvalue weighted by Crippen LogP contribution is -2.57. The fraction of sp³-hybridized carbons (Fsp3) is 0.941. The van der Waals surface area contributed by atoms with Crippen LogP contribution in [-0.4, -0.2) is 70.8 Å². The fourth-order valence-electron chi connectivity index (χ4n) is 4.33. The van der Waals surface area contributed by atoms with Gasteiger partial charge in [0.2, 0.25) is 10.0 Å². The van der Waals surface area contributed by atoms with Gasteiger partial charge in [0.25, 0.3) is 0 Å². The van der Waals surface area contributed by atoms with Crippen molar-refractivity contribution < 1.29 is 8.42 Å². The van der Waals surface area contributed by atoms with Crippen molar-refractivity contribution in [2.24, 2.45) is 0 Å². The molecule has 0 bridgehead atoms. The minimum absolute atomic E-state index is 0.223. The zero-order valence-electron chi connectivity index (χ0n) is 16.3. The summed E-state index contributed by atoms with van der Waals surface area (Å²) in [6, 6.07) is 0.337. The summed E-state index contributed by atoms with van der Waals surface area (Å²) >= 11 is 0. The molecule has 1 aromatic heterocycles. The van der Waals surface area contributed by atoms with E-state index < -0.39 is 15.6 Å². The van der Waals surface area contributed by atoms with Crippen molar-refractivity contribution in [1.29, 1.82) is 0 Å². The van der Waals surface area contributed by atoms with Crippen molar-refractivity contribution >= 4 is 10.0 Å². The normalized spacial score (nSPS) is 26.0. The van der Waals surface area contributed by atoms with Crippen molar-refractivity contribution in [1.82, 2.24) is 29.4 Å². The number of unbranched alkanes of at least 4 members (excludes halogenated alkanes) is 1. The molecule has 1 saturated carbocycles. The molecule has 1 unspecified atom stereocenters. The lowest BCUT2D eigenvalue weighted by atomic mass is 9.87. The average molecular weight is 385 g/mol. The summed E-state index contributed by atoms with van der Waals surface area (Å²) in [6.45, 7) is 3.04. The van der Waals surface area contributed by atoms with Crippen LogP contribution in [0.5, 0.6) is 0 Å². The van der Waals surface area contributed by atoms with Crippen LogP contribution in [0.1, 0.15) is 70.2 Å². The second-order valence-corrected chi connectivity index (χ2v) is 10.0. The highest BCUT2D eigenvalue weighted by Gasteiger charge is 2.46. The molecule has 148 valence electrons. The van der Waals surface area contributed by atoms with Crippen LogP contribution in [0.3, 0.4) is 0 Å². The van der Waals surface area contributed by atoms with Crippen LogP contribution in [0, 0.1) is 0 Å². The van der Waals surface area contributed by atoms with Crippen molar-refractivity contribution in [3.8, 4) is 0 Å². The Bertz CT molecular complexity index is 698.